The number of pyridine rings is 1. The van der Waals surface area contributed by atoms with Gasteiger partial charge in [0, 0.05) is 52.5 Å². The molecular formula is C49H46N3OPt+. The summed E-state index contributed by atoms with van der Waals surface area (Å²) in [5.41, 5.74) is 11.0. The molecule has 0 N–H and O–H groups in total. The zero-order chi connectivity index (χ0) is 37.3. The molecule has 2 aromatic heterocycles. The van der Waals surface area contributed by atoms with Crippen molar-refractivity contribution >= 4 is 44.6 Å². The van der Waals surface area contributed by atoms with E-state index >= 15 is 0 Å². The van der Waals surface area contributed by atoms with Crippen molar-refractivity contribution in [3.8, 4) is 17.3 Å². The molecule has 7 aromatic rings. The minimum atomic E-state index is -0.00908. The van der Waals surface area contributed by atoms with Gasteiger partial charge in [-0.15, -0.1) is 45.9 Å². The SMILES string of the molecule is CC(C)(C)c1cc([N+]2=C=C(c3[c-]c(Oc4[c-]c5c(cc4)c4ccccc4n5-c4cc(C(C)(C)C)ccn4)ccc3)c3ccccc32)cc(C(C)(C)C)c1.[Pt+2]. The van der Waals surface area contributed by atoms with Crippen molar-refractivity contribution in [2.24, 2.45) is 0 Å². The number of hydrogen-bond donors (Lipinski definition) is 0. The Morgan fingerprint density at radius 3 is 2.02 bits per heavy atom. The number of hydrogen-bond acceptors (Lipinski definition) is 2. The molecule has 0 radical (unpaired) electrons. The second-order valence-corrected chi connectivity index (χ2v) is 17.2. The van der Waals surface area contributed by atoms with E-state index in [0.29, 0.717) is 11.5 Å². The van der Waals surface area contributed by atoms with Crippen LogP contribution in [0.3, 0.4) is 0 Å². The van der Waals surface area contributed by atoms with E-state index in [0.717, 1.165) is 55.7 Å². The van der Waals surface area contributed by atoms with Crippen LogP contribution in [0.4, 0.5) is 11.4 Å². The maximum absolute atomic E-state index is 6.56. The fourth-order valence-corrected chi connectivity index (χ4v) is 7.08. The van der Waals surface area contributed by atoms with E-state index in [-0.39, 0.29) is 37.3 Å². The molecule has 3 heterocycles. The fraction of sp³-hybridized carbons (Fsp3) is 0.245. The molecule has 1 aliphatic heterocycles. The third-order valence-corrected chi connectivity index (χ3v) is 10.2. The molecule has 0 amide bonds. The molecular weight excluding hydrogens is 842 g/mol. The van der Waals surface area contributed by atoms with Crippen LogP contribution in [-0.4, -0.2) is 15.4 Å². The van der Waals surface area contributed by atoms with Gasteiger partial charge in [0.2, 0.25) is 11.4 Å². The van der Waals surface area contributed by atoms with Gasteiger partial charge in [-0.2, -0.15) is 6.07 Å². The first-order valence-corrected chi connectivity index (χ1v) is 18.5. The Hall–Kier alpha value is -5.01. The van der Waals surface area contributed by atoms with E-state index in [2.05, 4.69) is 180 Å². The van der Waals surface area contributed by atoms with Crippen LogP contribution in [0.15, 0.2) is 115 Å². The quantitative estimate of drug-likeness (QED) is 0.127. The molecule has 1 aliphatic rings. The van der Waals surface area contributed by atoms with E-state index in [4.69, 9.17) is 9.72 Å². The number of ether oxygens (including phenoxy) is 1. The van der Waals surface area contributed by atoms with Gasteiger partial charge in [0.15, 0.2) is 0 Å². The Morgan fingerprint density at radius 2 is 1.30 bits per heavy atom. The molecule has 0 saturated heterocycles. The summed E-state index contributed by atoms with van der Waals surface area (Å²) in [5.74, 6) is 5.85. The summed E-state index contributed by atoms with van der Waals surface area (Å²) >= 11 is 0. The summed E-state index contributed by atoms with van der Waals surface area (Å²) < 4.78 is 11.0. The topological polar surface area (TPSA) is 30.1 Å². The Morgan fingerprint density at radius 1 is 0.630 bits per heavy atom. The van der Waals surface area contributed by atoms with Crippen molar-refractivity contribution in [3.63, 3.8) is 0 Å². The largest absolute Gasteiger partial charge is 2.00 e. The Kier molecular flexibility index (Phi) is 9.46. The van der Waals surface area contributed by atoms with Gasteiger partial charge in [-0.25, -0.2) is 4.98 Å². The maximum Gasteiger partial charge on any atom is 2.00 e. The second kappa shape index (κ2) is 13.7. The molecule has 4 nitrogen and oxygen atoms in total. The first-order valence-electron chi connectivity index (χ1n) is 18.5. The van der Waals surface area contributed by atoms with Gasteiger partial charge in [0.25, 0.3) is 0 Å². The molecule has 8 rings (SSSR count). The van der Waals surface area contributed by atoms with Crippen LogP contribution in [0.2, 0.25) is 0 Å². The van der Waals surface area contributed by atoms with Crippen molar-refractivity contribution in [1.82, 2.24) is 14.1 Å². The number of benzene rings is 5. The summed E-state index contributed by atoms with van der Waals surface area (Å²) in [5, 5.41) is 2.25. The van der Waals surface area contributed by atoms with Crippen molar-refractivity contribution in [2.45, 2.75) is 78.6 Å². The molecule has 0 saturated carbocycles. The van der Waals surface area contributed by atoms with E-state index in [9.17, 15) is 0 Å². The zero-order valence-electron chi connectivity index (χ0n) is 32.5. The third-order valence-electron chi connectivity index (χ3n) is 10.2. The first kappa shape index (κ1) is 37.3. The van der Waals surface area contributed by atoms with Crippen LogP contribution < -0.4 is 9.31 Å². The van der Waals surface area contributed by atoms with E-state index in [1.165, 1.54) is 16.7 Å². The Labute approximate surface area is 334 Å². The molecule has 272 valence electrons. The van der Waals surface area contributed by atoms with Gasteiger partial charge >= 0.3 is 21.1 Å². The molecule has 0 fully saturated rings. The average molecular weight is 888 g/mol. The summed E-state index contributed by atoms with van der Waals surface area (Å²) in [6.45, 7) is 20.3. The van der Waals surface area contributed by atoms with E-state index < -0.39 is 0 Å². The Balaban J connectivity index is 0.00000450. The average Bonchev–Trinajstić information content (AvgIpc) is 3.67. The van der Waals surface area contributed by atoms with Crippen LogP contribution >= 0.6 is 0 Å². The smallest absolute Gasteiger partial charge is 0.503 e. The molecule has 0 unspecified atom stereocenters. The van der Waals surface area contributed by atoms with Gasteiger partial charge in [-0.1, -0.05) is 116 Å². The molecule has 0 bridgehead atoms. The van der Waals surface area contributed by atoms with Crippen LogP contribution in [0, 0.1) is 12.1 Å². The number of nitrogens with zero attached hydrogens (tertiary/aromatic N) is 3. The first-order chi connectivity index (χ1) is 25.1. The van der Waals surface area contributed by atoms with Crippen LogP contribution in [0.1, 0.15) is 90.1 Å². The number of rotatable bonds is 5. The van der Waals surface area contributed by atoms with Gasteiger partial charge < -0.3 is 9.30 Å². The minimum Gasteiger partial charge on any atom is -0.503 e. The minimum absolute atomic E-state index is 0. The van der Waals surface area contributed by atoms with E-state index in [1.807, 2.05) is 24.4 Å². The summed E-state index contributed by atoms with van der Waals surface area (Å²) in [4.78, 5) is 4.83. The van der Waals surface area contributed by atoms with Gasteiger partial charge in [-0.05, 0) is 56.5 Å². The maximum atomic E-state index is 6.56. The number of aromatic nitrogens is 2. The molecule has 0 aliphatic carbocycles. The summed E-state index contributed by atoms with van der Waals surface area (Å²) in [7, 11) is 0. The predicted molar refractivity (Wildman–Crippen MR) is 221 cm³/mol. The van der Waals surface area contributed by atoms with Crippen molar-refractivity contribution in [1.29, 1.82) is 0 Å². The second-order valence-electron chi connectivity index (χ2n) is 17.2. The molecule has 54 heavy (non-hydrogen) atoms. The monoisotopic (exact) mass is 887 g/mol. The number of para-hydroxylation sites is 2. The third kappa shape index (κ3) is 6.90. The van der Waals surface area contributed by atoms with Crippen molar-refractivity contribution in [2.75, 3.05) is 0 Å². The molecule has 5 heteroatoms. The van der Waals surface area contributed by atoms with Gasteiger partial charge in [0.1, 0.15) is 11.7 Å². The van der Waals surface area contributed by atoms with E-state index in [1.54, 1.807) is 0 Å². The number of fused-ring (bicyclic) bond motifs is 4. The molecule has 0 spiro atoms. The summed E-state index contributed by atoms with van der Waals surface area (Å²) in [6, 6.07) is 45.6. The zero-order valence-corrected chi connectivity index (χ0v) is 34.8. The fourth-order valence-electron chi connectivity index (χ4n) is 7.08. The summed E-state index contributed by atoms with van der Waals surface area (Å²) in [6.07, 6.45) is 1.90. The van der Waals surface area contributed by atoms with Crippen LogP contribution in [0.25, 0.3) is 33.2 Å². The predicted octanol–water partition coefficient (Wildman–Crippen LogP) is 12.4. The van der Waals surface area contributed by atoms with Gasteiger partial charge in [-0.3, -0.25) is 0 Å². The van der Waals surface area contributed by atoms with Crippen LogP contribution in [-0.2, 0) is 37.3 Å². The standard InChI is InChI=1S/C49H46N3O.Pt/c1-47(2,3)33-23-24-50-46(29-33)52-44-20-13-11-17-39(44)41-22-21-38(30-45(41)52)53-37-16-14-15-32(25-37)42-31-51(43-19-12-10-18-40(42)43)36-27-34(48(4,5)6)26-35(28-36)49(7,8)9;/h10-24,26-29H,1-9H3;/q-1;+2. The Bertz CT molecular complexity index is 2600. The van der Waals surface area contributed by atoms with Crippen molar-refractivity contribution < 1.29 is 25.8 Å². The normalized spacial score (nSPS) is 13.1. The van der Waals surface area contributed by atoms with Crippen molar-refractivity contribution in [3.05, 3.63) is 155 Å². The molecule has 0 atom stereocenters. The van der Waals surface area contributed by atoms with Crippen LogP contribution in [0.5, 0.6) is 11.5 Å². The molecule has 5 aromatic carbocycles. The van der Waals surface area contributed by atoms with Gasteiger partial charge in [0.05, 0.1) is 0 Å².